The summed E-state index contributed by atoms with van der Waals surface area (Å²) in [5.74, 6) is 0.0801. The van der Waals surface area contributed by atoms with Crippen LogP contribution >= 0.6 is 0 Å². The zero-order valence-corrected chi connectivity index (χ0v) is 9.84. The Morgan fingerprint density at radius 1 is 1.29 bits per heavy atom. The van der Waals surface area contributed by atoms with Crippen molar-refractivity contribution in [2.24, 2.45) is 0 Å². The molecule has 0 aromatic heterocycles. The molecule has 1 saturated heterocycles. The molecule has 0 saturated carbocycles. The normalized spacial score (nSPS) is 24.1. The molecule has 2 N–H and O–H groups in total. The fraction of sp³-hybridized carbons (Fsp3) is 0.462. The quantitative estimate of drug-likeness (QED) is 0.761. The summed E-state index contributed by atoms with van der Waals surface area (Å²) in [4.78, 5) is 13.7. The van der Waals surface area contributed by atoms with Gasteiger partial charge in [-0.3, -0.25) is 4.79 Å². The second-order valence-electron chi connectivity index (χ2n) is 4.33. The van der Waals surface area contributed by atoms with Crippen molar-refractivity contribution in [3.63, 3.8) is 0 Å². The number of carbonyl (C=O) groups excluding carboxylic acids is 1. The number of benzene rings is 1. The number of anilines is 1. The van der Waals surface area contributed by atoms with E-state index in [0.717, 1.165) is 5.69 Å². The van der Waals surface area contributed by atoms with Crippen molar-refractivity contribution >= 4 is 11.5 Å². The van der Waals surface area contributed by atoms with Crippen LogP contribution in [0, 0.1) is 0 Å². The van der Waals surface area contributed by atoms with Crippen molar-refractivity contribution in [1.29, 1.82) is 0 Å². The van der Waals surface area contributed by atoms with E-state index in [0.29, 0.717) is 25.1 Å². The minimum Gasteiger partial charge on any atom is -0.389 e. The highest BCUT2D eigenvalue weighted by Crippen LogP contribution is 2.25. The molecule has 0 spiro atoms. The Bertz CT molecular complexity index is 409. The number of para-hydroxylation sites is 1. The van der Waals surface area contributed by atoms with Gasteiger partial charge in [0.05, 0.1) is 12.2 Å². The van der Waals surface area contributed by atoms with Gasteiger partial charge in [-0.05, 0) is 12.1 Å². The van der Waals surface area contributed by atoms with Crippen LogP contribution in [-0.2, 0) is 0 Å². The summed E-state index contributed by atoms with van der Waals surface area (Å²) >= 11 is 0. The standard InChI is InChI=1S/C13H17NO3/c1-2-11(15)9-5-3-4-6-10(9)14-7-12(16)13(17)8-14/h3-6,12-13,16-17H,2,7-8H2,1H3. The van der Waals surface area contributed by atoms with Gasteiger partial charge in [0.25, 0.3) is 0 Å². The number of aliphatic hydroxyl groups excluding tert-OH is 2. The molecule has 1 aromatic rings. The average molecular weight is 235 g/mol. The molecule has 2 atom stereocenters. The van der Waals surface area contributed by atoms with Gasteiger partial charge in [-0.1, -0.05) is 19.1 Å². The van der Waals surface area contributed by atoms with Gasteiger partial charge in [-0.2, -0.15) is 0 Å². The third-order valence-electron chi connectivity index (χ3n) is 3.13. The zero-order chi connectivity index (χ0) is 12.4. The van der Waals surface area contributed by atoms with Crippen LogP contribution in [0.5, 0.6) is 0 Å². The molecular weight excluding hydrogens is 218 g/mol. The molecule has 4 heteroatoms. The van der Waals surface area contributed by atoms with Gasteiger partial charge in [0.15, 0.2) is 5.78 Å². The number of hydrogen-bond acceptors (Lipinski definition) is 4. The molecule has 0 bridgehead atoms. The van der Waals surface area contributed by atoms with Crippen molar-refractivity contribution in [1.82, 2.24) is 0 Å². The van der Waals surface area contributed by atoms with Gasteiger partial charge < -0.3 is 15.1 Å². The summed E-state index contributed by atoms with van der Waals surface area (Å²) in [5, 5.41) is 19.1. The molecule has 4 nitrogen and oxygen atoms in total. The molecule has 0 radical (unpaired) electrons. The monoisotopic (exact) mass is 235 g/mol. The highest BCUT2D eigenvalue weighted by Gasteiger charge is 2.31. The number of aliphatic hydroxyl groups is 2. The molecule has 92 valence electrons. The van der Waals surface area contributed by atoms with Crippen LogP contribution in [-0.4, -0.2) is 41.3 Å². The van der Waals surface area contributed by atoms with Crippen LogP contribution in [0.1, 0.15) is 23.7 Å². The van der Waals surface area contributed by atoms with Gasteiger partial charge in [0.2, 0.25) is 0 Å². The van der Waals surface area contributed by atoms with Gasteiger partial charge in [-0.15, -0.1) is 0 Å². The predicted octanol–water partition coefficient (Wildman–Crippen LogP) is 0.821. The summed E-state index contributed by atoms with van der Waals surface area (Å²) in [6, 6.07) is 7.33. The predicted molar refractivity (Wildman–Crippen MR) is 65.3 cm³/mol. The number of hydrogen-bond donors (Lipinski definition) is 2. The molecule has 1 aliphatic rings. The highest BCUT2D eigenvalue weighted by molar-refractivity contribution is 6.01. The van der Waals surface area contributed by atoms with Gasteiger partial charge >= 0.3 is 0 Å². The van der Waals surface area contributed by atoms with E-state index in [9.17, 15) is 15.0 Å². The van der Waals surface area contributed by atoms with E-state index >= 15 is 0 Å². The van der Waals surface area contributed by atoms with E-state index in [2.05, 4.69) is 0 Å². The maximum Gasteiger partial charge on any atom is 0.164 e. The van der Waals surface area contributed by atoms with Crippen LogP contribution in [0.15, 0.2) is 24.3 Å². The molecular formula is C13H17NO3. The van der Waals surface area contributed by atoms with Crippen molar-refractivity contribution < 1.29 is 15.0 Å². The van der Waals surface area contributed by atoms with Crippen molar-refractivity contribution in [3.05, 3.63) is 29.8 Å². The minimum absolute atomic E-state index is 0.0801. The third kappa shape index (κ3) is 2.33. The fourth-order valence-electron chi connectivity index (χ4n) is 2.14. The molecule has 2 unspecified atom stereocenters. The number of ketones is 1. The Morgan fingerprint density at radius 3 is 2.47 bits per heavy atom. The molecule has 1 aromatic carbocycles. The third-order valence-corrected chi connectivity index (χ3v) is 3.13. The number of β-amino-alcohol motifs (C(OH)–C–C–N with tert-alkyl or cyclic N) is 2. The summed E-state index contributed by atoms with van der Waals surface area (Å²) in [6.07, 6.45) is -1.02. The lowest BCUT2D eigenvalue weighted by atomic mass is 10.1. The maximum absolute atomic E-state index is 11.8. The summed E-state index contributed by atoms with van der Waals surface area (Å²) < 4.78 is 0. The first-order chi connectivity index (χ1) is 8.13. The smallest absolute Gasteiger partial charge is 0.164 e. The van der Waals surface area contributed by atoms with E-state index < -0.39 is 12.2 Å². The zero-order valence-electron chi connectivity index (χ0n) is 9.84. The number of Topliss-reactive ketones (excluding diaryl/α,β-unsaturated/α-hetero) is 1. The lowest BCUT2D eigenvalue weighted by molar-refractivity contribution is 0.0572. The Hall–Kier alpha value is -1.39. The van der Waals surface area contributed by atoms with Crippen LogP contribution in [0.2, 0.25) is 0 Å². The molecule has 1 heterocycles. The summed E-state index contributed by atoms with van der Waals surface area (Å²) in [7, 11) is 0. The Morgan fingerprint density at radius 2 is 1.88 bits per heavy atom. The molecule has 1 aliphatic heterocycles. The second-order valence-corrected chi connectivity index (χ2v) is 4.33. The summed E-state index contributed by atoms with van der Waals surface area (Å²) in [6.45, 7) is 2.57. The van der Waals surface area contributed by atoms with E-state index in [1.807, 2.05) is 30.0 Å². The first kappa shape index (κ1) is 12.1. The summed E-state index contributed by atoms with van der Waals surface area (Å²) in [5.41, 5.74) is 1.46. The Balaban J connectivity index is 2.30. The lowest BCUT2D eigenvalue weighted by Gasteiger charge is -2.20. The molecule has 0 aliphatic carbocycles. The fourth-order valence-corrected chi connectivity index (χ4v) is 2.14. The second kappa shape index (κ2) is 4.85. The lowest BCUT2D eigenvalue weighted by Crippen LogP contribution is -2.23. The number of carbonyl (C=O) groups is 1. The van der Waals surface area contributed by atoms with E-state index in [4.69, 9.17) is 0 Å². The number of rotatable bonds is 3. The first-order valence-electron chi connectivity index (χ1n) is 5.86. The largest absolute Gasteiger partial charge is 0.389 e. The Kier molecular flexibility index (Phi) is 3.45. The van der Waals surface area contributed by atoms with Crippen LogP contribution in [0.4, 0.5) is 5.69 Å². The van der Waals surface area contributed by atoms with E-state index in [-0.39, 0.29) is 5.78 Å². The van der Waals surface area contributed by atoms with Crippen LogP contribution in [0.25, 0.3) is 0 Å². The maximum atomic E-state index is 11.8. The van der Waals surface area contributed by atoms with Crippen LogP contribution in [0.3, 0.4) is 0 Å². The minimum atomic E-state index is -0.736. The van der Waals surface area contributed by atoms with Crippen molar-refractivity contribution in [2.45, 2.75) is 25.6 Å². The molecule has 0 amide bonds. The van der Waals surface area contributed by atoms with Gasteiger partial charge in [0, 0.05) is 30.8 Å². The average Bonchev–Trinajstić information content (AvgIpc) is 2.68. The van der Waals surface area contributed by atoms with Gasteiger partial charge in [-0.25, -0.2) is 0 Å². The van der Waals surface area contributed by atoms with Crippen LogP contribution < -0.4 is 4.90 Å². The van der Waals surface area contributed by atoms with E-state index in [1.165, 1.54) is 0 Å². The SMILES string of the molecule is CCC(=O)c1ccccc1N1CC(O)C(O)C1. The van der Waals surface area contributed by atoms with Gasteiger partial charge in [0.1, 0.15) is 0 Å². The molecule has 2 rings (SSSR count). The first-order valence-corrected chi connectivity index (χ1v) is 5.86. The topological polar surface area (TPSA) is 60.8 Å². The van der Waals surface area contributed by atoms with E-state index in [1.54, 1.807) is 6.07 Å². The molecule has 17 heavy (non-hydrogen) atoms. The molecule has 1 fully saturated rings. The van der Waals surface area contributed by atoms with Crippen molar-refractivity contribution in [3.8, 4) is 0 Å². The number of nitrogens with zero attached hydrogens (tertiary/aromatic N) is 1. The Labute approximate surface area is 100 Å². The highest BCUT2D eigenvalue weighted by atomic mass is 16.3. The van der Waals surface area contributed by atoms with Crippen molar-refractivity contribution in [2.75, 3.05) is 18.0 Å².